The van der Waals surface area contributed by atoms with Gasteiger partial charge in [0.2, 0.25) is 5.91 Å². The molecule has 0 saturated heterocycles. The Morgan fingerprint density at radius 2 is 1.78 bits per heavy atom. The maximum atomic E-state index is 12.2. The number of halogens is 2. The van der Waals surface area contributed by atoms with Gasteiger partial charge in [-0.3, -0.25) is 14.9 Å². The van der Waals surface area contributed by atoms with Crippen molar-refractivity contribution in [1.82, 2.24) is 10.6 Å². The molecule has 1 rings (SSSR count). The van der Waals surface area contributed by atoms with Gasteiger partial charge in [-0.25, -0.2) is 0 Å². The molecule has 0 heterocycles. The standard InChI is InChI=1S/C16H23ClN2O3.ClH/c1-4-5-14(16(21)22)18-11(3)15(20)19-10(2)12-6-8-13(17)9-7-12;/h6-11,14,18H,4-5H2,1-3H3,(H,19,20)(H,21,22);1H. The number of nitrogens with one attached hydrogen (secondary N) is 2. The van der Waals surface area contributed by atoms with Crippen molar-refractivity contribution in [1.29, 1.82) is 0 Å². The van der Waals surface area contributed by atoms with E-state index in [2.05, 4.69) is 10.6 Å². The van der Waals surface area contributed by atoms with Crippen LogP contribution in [0.5, 0.6) is 0 Å². The molecule has 1 amide bonds. The minimum atomic E-state index is -0.938. The second-order valence-electron chi connectivity index (χ2n) is 5.35. The highest BCUT2D eigenvalue weighted by Gasteiger charge is 2.23. The summed E-state index contributed by atoms with van der Waals surface area (Å²) in [5, 5.41) is 15.5. The summed E-state index contributed by atoms with van der Waals surface area (Å²) in [5.41, 5.74) is 0.938. The van der Waals surface area contributed by atoms with Crippen molar-refractivity contribution >= 4 is 35.9 Å². The molecule has 1 aromatic rings. The summed E-state index contributed by atoms with van der Waals surface area (Å²) >= 11 is 5.84. The van der Waals surface area contributed by atoms with Gasteiger partial charge < -0.3 is 10.4 Å². The van der Waals surface area contributed by atoms with E-state index in [9.17, 15) is 9.59 Å². The number of amides is 1. The average Bonchev–Trinajstić information content (AvgIpc) is 2.47. The molecule has 0 bridgehead atoms. The Kier molecular flexibility index (Phi) is 9.88. The molecule has 7 heteroatoms. The predicted molar refractivity (Wildman–Crippen MR) is 94.2 cm³/mol. The highest BCUT2D eigenvalue weighted by Crippen LogP contribution is 2.16. The molecule has 130 valence electrons. The lowest BCUT2D eigenvalue weighted by atomic mass is 10.1. The maximum Gasteiger partial charge on any atom is 0.320 e. The monoisotopic (exact) mass is 362 g/mol. The molecule has 0 aliphatic heterocycles. The molecule has 0 fully saturated rings. The molecular weight excluding hydrogens is 339 g/mol. The normalized spacial score (nSPS) is 14.3. The summed E-state index contributed by atoms with van der Waals surface area (Å²) in [5.74, 6) is -1.17. The Morgan fingerprint density at radius 3 is 2.26 bits per heavy atom. The van der Waals surface area contributed by atoms with Gasteiger partial charge in [-0.2, -0.15) is 0 Å². The van der Waals surface area contributed by atoms with E-state index in [0.29, 0.717) is 11.4 Å². The minimum Gasteiger partial charge on any atom is -0.480 e. The van der Waals surface area contributed by atoms with Gasteiger partial charge in [0.25, 0.3) is 0 Å². The van der Waals surface area contributed by atoms with Crippen molar-refractivity contribution in [2.24, 2.45) is 0 Å². The third kappa shape index (κ3) is 7.20. The molecular formula is C16H24Cl2N2O3. The van der Waals surface area contributed by atoms with Gasteiger partial charge in [0.1, 0.15) is 6.04 Å². The van der Waals surface area contributed by atoms with Crippen LogP contribution in [0.1, 0.15) is 45.2 Å². The summed E-state index contributed by atoms with van der Waals surface area (Å²) in [4.78, 5) is 23.3. The molecule has 0 radical (unpaired) electrons. The first-order valence-corrected chi connectivity index (χ1v) is 7.77. The molecule has 1 aromatic carbocycles. The fourth-order valence-corrected chi connectivity index (χ4v) is 2.24. The number of aliphatic carboxylic acids is 1. The molecule has 0 aliphatic rings. The highest BCUT2D eigenvalue weighted by molar-refractivity contribution is 6.30. The summed E-state index contributed by atoms with van der Waals surface area (Å²) in [6, 6.07) is 5.76. The van der Waals surface area contributed by atoms with Gasteiger partial charge in [-0.15, -0.1) is 12.4 Å². The Bertz CT molecular complexity index is 509. The third-order valence-corrected chi connectivity index (χ3v) is 3.70. The second-order valence-corrected chi connectivity index (χ2v) is 5.79. The number of benzene rings is 1. The van der Waals surface area contributed by atoms with Gasteiger partial charge in [0.05, 0.1) is 12.1 Å². The topological polar surface area (TPSA) is 78.4 Å². The summed E-state index contributed by atoms with van der Waals surface area (Å²) < 4.78 is 0. The minimum absolute atomic E-state index is 0. The molecule has 5 nitrogen and oxygen atoms in total. The van der Waals surface area contributed by atoms with Gasteiger partial charge in [0.15, 0.2) is 0 Å². The lowest BCUT2D eigenvalue weighted by Gasteiger charge is -2.22. The van der Waals surface area contributed by atoms with E-state index in [1.54, 1.807) is 19.1 Å². The number of rotatable bonds is 8. The van der Waals surface area contributed by atoms with Gasteiger partial charge >= 0.3 is 5.97 Å². The number of carboxylic acids is 1. The second kappa shape index (κ2) is 10.5. The van der Waals surface area contributed by atoms with Crippen LogP contribution in [0.2, 0.25) is 5.02 Å². The fourth-order valence-electron chi connectivity index (χ4n) is 2.12. The zero-order valence-electron chi connectivity index (χ0n) is 13.5. The summed E-state index contributed by atoms with van der Waals surface area (Å²) in [6.07, 6.45) is 1.22. The molecule has 0 saturated carbocycles. The molecule has 3 unspecified atom stereocenters. The molecule has 0 aromatic heterocycles. The van der Waals surface area contributed by atoms with Gasteiger partial charge in [0, 0.05) is 5.02 Å². The van der Waals surface area contributed by atoms with E-state index in [1.165, 1.54) is 0 Å². The van der Waals surface area contributed by atoms with Crippen LogP contribution in [-0.2, 0) is 9.59 Å². The molecule has 3 N–H and O–H groups in total. The first kappa shape index (κ1) is 21.7. The van der Waals surface area contributed by atoms with E-state index in [4.69, 9.17) is 16.7 Å². The molecule has 0 aliphatic carbocycles. The summed E-state index contributed by atoms with van der Waals surface area (Å²) in [6.45, 7) is 5.44. The van der Waals surface area contributed by atoms with Crippen LogP contribution in [0.15, 0.2) is 24.3 Å². The Morgan fingerprint density at radius 1 is 1.22 bits per heavy atom. The van der Waals surface area contributed by atoms with E-state index >= 15 is 0 Å². The van der Waals surface area contributed by atoms with Crippen LogP contribution >= 0.6 is 24.0 Å². The zero-order chi connectivity index (χ0) is 16.7. The van der Waals surface area contributed by atoms with Crippen LogP contribution in [-0.4, -0.2) is 29.1 Å². The van der Waals surface area contributed by atoms with E-state index in [1.807, 2.05) is 26.0 Å². The lowest BCUT2D eigenvalue weighted by molar-refractivity contribution is -0.140. The summed E-state index contributed by atoms with van der Waals surface area (Å²) in [7, 11) is 0. The Labute approximate surface area is 148 Å². The average molecular weight is 363 g/mol. The Hall–Kier alpha value is -1.30. The van der Waals surface area contributed by atoms with Crippen LogP contribution in [0.3, 0.4) is 0 Å². The van der Waals surface area contributed by atoms with Crippen LogP contribution in [0.25, 0.3) is 0 Å². The predicted octanol–water partition coefficient (Wildman–Crippen LogP) is 3.17. The molecule has 0 spiro atoms. The molecule has 3 atom stereocenters. The smallest absolute Gasteiger partial charge is 0.320 e. The fraction of sp³-hybridized carbons (Fsp3) is 0.500. The quantitative estimate of drug-likeness (QED) is 0.663. The van der Waals surface area contributed by atoms with Crippen molar-refractivity contribution in [2.45, 2.75) is 51.7 Å². The van der Waals surface area contributed by atoms with Gasteiger partial charge in [-0.1, -0.05) is 37.1 Å². The number of carboxylic acid groups (broad SMARTS) is 1. The Balaban J connectivity index is 0.00000484. The van der Waals surface area contributed by atoms with Gasteiger partial charge in [-0.05, 0) is 38.0 Å². The van der Waals surface area contributed by atoms with Crippen molar-refractivity contribution in [3.63, 3.8) is 0 Å². The van der Waals surface area contributed by atoms with Crippen molar-refractivity contribution in [2.75, 3.05) is 0 Å². The first-order chi connectivity index (χ1) is 10.3. The number of hydrogen-bond acceptors (Lipinski definition) is 3. The van der Waals surface area contributed by atoms with Crippen LogP contribution < -0.4 is 10.6 Å². The van der Waals surface area contributed by atoms with Crippen LogP contribution in [0, 0.1) is 0 Å². The van der Waals surface area contributed by atoms with E-state index in [0.717, 1.165) is 12.0 Å². The molecule has 23 heavy (non-hydrogen) atoms. The highest BCUT2D eigenvalue weighted by atomic mass is 35.5. The van der Waals surface area contributed by atoms with E-state index in [-0.39, 0.29) is 24.4 Å². The first-order valence-electron chi connectivity index (χ1n) is 7.39. The number of carbonyl (C=O) groups excluding carboxylic acids is 1. The van der Waals surface area contributed by atoms with Crippen LogP contribution in [0.4, 0.5) is 0 Å². The third-order valence-electron chi connectivity index (χ3n) is 3.45. The van der Waals surface area contributed by atoms with Crippen molar-refractivity contribution < 1.29 is 14.7 Å². The number of carbonyl (C=O) groups is 2. The SMILES string of the molecule is CCCC(NC(C)C(=O)NC(C)c1ccc(Cl)cc1)C(=O)O.Cl. The van der Waals surface area contributed by atoms with Crippen molar-refractivity contribution in [3.05, 3.63) is 34.9 Å². The number of hydrogen-bond donors (Lipinski definition) is 3. The largest absolute Gasteiger partial charge is 0.480 e. The van der Waals surface area contributed by atoms with E-state index < -0.39 is 18.1 Å². The van der Waals surface area contributed by atoms with Crippen molar-refractivity contribution in [3.8, 4) is 0 Å². The maximum absolute atomic E-state index is 12.2. The lowest BCUT2D eigenvalue weighted by Crippen LogP contribution is -2.49. The zero-order valence-corrected chi connectivity index (χ0v) is 15.1.